The minimum absolute atomic E-state index is 0.186. The third kappa shape index (κ3) is 3.29. The molecule has 1 saturated heterocycles. The predicted molar refractivity (Wildman–Crippen MR) is 80.4 cm³/mol. The number of ether oxygens (including phenoxy) is 2. The van der Waals surface area contributed by atoms with E-state index in [1.165, 1.54) is 21.3 Å². The van der Waals surface area contributed by atoms with E-state index in [-0.39, 0.29) is 11.5 Å². The molecule has 0 saturated carbocycles. The summed E-state index contributed by atoms with van der Waals surface area (Å²) in [5, 5.41) is 7.82. The Morgan fingerprint density at radius 2 is 2.04 bits per heavy atom. The molecule has 1 aliphatic heterocycles. The second-order valence-electron chi connectivity index (χ2n) is 4.96. The first-order chi connectivity index (χ1) is 11.1. The summed E-state index contributed by atoms with van der Waals surface area (Å²) >= 11 is 0. The molecule has 0 aliphatic carbocycles. The van der Waals surface area contributed by atoms with Gasteiger partial charge in [0.2, 0.25) is 10.0 Å². The van der Waals surface area contributed by atoms with E-state index in [0.717, 1.165) is 0 Å². The number of benzene rings is 1. The lowest BCUT2D eigenvalue weighted by Gasteiger charge is -2.26. The Kier molecular flexibility index (Phi) is 4.76. The van der Waals surface area contributed by atoms with Gasteiger partial charge in [0.25, 0.3) is 0 Å². The Morgan fingerprint density at radius 1 is 1.26 bits per heavy atom. The van der Waals surface area contributed by atoms with Gasteiger partial charge in [-0.15, -0.1) is 5.10 Å². The normalized spacial score (nSPS) is 16.7. The molecule has 3 rings (SSSR count). The van der Waals surface area contributed by atoms with E-state index in [1.807, 2.05) is 0 Å². The fourth-order valence-corrected chi connectivity index (χ4v) is 3.71. The second-order valence-corrected chi connectivity index (χ2v) is 6.89. The van der Waals surface area contributed by atoms with Gasteiger partial charge in [-0.2, -0.15) is 4.31 Å². The summed E-state index contributed by atoms with van der Waals surface area (Å²) in [5.41, 5.74) is 1.05. The number of sulfonamides is 1. The molecule has 0 bridgehead atoms. The largest absolute Gasteiger partial charge is 0.393 e. The van der Waals surface area contributed by atoms with Crippen molar-refractivity contribution in [1.29, 1.82) is 0 Å². The number of aromatic nitrogens is 3. The van der Waals surface area contributed by atoms with Crippen molar-refractivity contribution >= 4 is 21.1 Å². The lowest BCUT2D eigenvalue weighted by molar-refractivity contribution is 0.0434. The van der Waals surface area contributed by atoms with Crippen LogP contribution >= 0.6 is 0 Å². The first-order valence-corrected chi connectivity index (χ1v) is 8.62. The van der Waals surface area contributed by atoms with E-state index in [4.69, 9.17) is 14.3 Å². The summed E-state index contributed by atoms with van der Waals surface area (Å²) in [4.78, 5) is 6.80. The second kappa shape index (κ2) is 6.79. The summed E-state index contributed by atoms with van der Waals surface area (Å²) in [7, 11) is -2.00. The van der Waals surface area contributed by atoms with Crippen molar-refractivity contribution in [2.45, 2.75) is 4.90 Å². The number of fused-ring (bicyclic) bond motifs is 1. The molecule has 9 nitrogen and oxygen atoms in total. The van der Waals surface area contributed by atoms with Crippen molar-refractivity contribution in [2.75, 3.05) is 46.6 Å². The first-order valence-electron chi connectivity index (χ1n) is 7.18. The maximum atomic E-state index is 12.7. The highest BCUT2D eigenvalue weighted by molar-refractivity contribution is 7.89. The van der Waals surface area contributed by atoms with Crippen LogP contribution in [0.15, 0.2) is 23.1 Å². The van der Waals surface area contributed by atoms with E-state index < -0.39 is 10.0 Å². The zero-order chi connectivity index (χ0) is 16.3. The van der Waals surface area contributed by atoms with Crippen molar-refractivity contribution in [3.8, 4) is 0 Å². The van der Waals surface area contributed by atoms with Crippen molar-refractivity contribution < 1.29 is 22.7 Å². The molecule has 10 heteroatoms. The molecule has 126 valence electrons. The fraction of sp³-hybridized carbons (Fsp3) is 0.538. The minimum Gasteiger partial charge on any atom is -0.393 e. The molecular weight excluding hydrogens is 324 g/mol. The van der Waals surface area contributed by atoms with Crippen molar-refractivity contribution in [1.82, 2.24) is 19.5 Å². The number of hydrogen-bond donors (Lipinski definition) is 0. The van der Waals surface area contributed by atoms with Crippen LogP contribution in [-0.2, 0) is 19.5 Å². The van der Waals surface area contributed by atoms with Crippen LogP contribution in [-0.4, -0.2) is 74.5 Å². The topological polar surface area (TPSA) is 95.8 Å². The number of hydrogen-bond acceptors (Lipinski definition) is 7. The molecule has 1 aliphatic rings. The highest BCUT2D eigenvalue weighted by Crippen LogP contribution is 2.21. The monoisotopic (exact) mass is 342 g/mol. The summed E-state index contributed by atoms with van der Waals surface area (Å²) in [6.07, 6.45) is 0. The molecule has 1 aromatic heterocycles. The Hall–Kier alpha value is -1.75. The van der Waals surface area contributed by atoms with Gasteiger partial charge >= 0.3 is 0 Å². The molecule has 0 spiro atoms. The Morgan fingerprint density at radius 3 is 2.78 bits per heavy atom. The molecule has 0 N–H and O–H groups in total. The van der Waals surface area contributed by atoms with Gasteiger partial charge in [0.05, 0.1) is 24.7 Å². The van der Waals surface area contributed by atoms with Gasteiger partial charge in [0, 0.05) is 20.2 Å². The molecule has 2 heterocycles. The summed E-state index contributed by atoms with van der Waals surface area (Å²) in [6.45, 7) is 2.19. The standard InChI is InChI=1S/C13H18N4O5S/c1-20-8-9-22-17-13-10-11(2-3-12(13)14-15-17)23(18,19)16-4-6-21-7-5-16/h2-3,10H,4-9H2,1H3. The molecule has 0 unspecified atom stereocenters. The first kappa shape index (κ1) is 16.1. The Labute approximate surface area is 133 Å². The number of morpholine rings is 1. The third-order valence-electron chi connectivity index (χ3n) is 3.50. The average molecular weight is 342 g/mol. The zero-order valence-electron chi connectivity index (χ0n) is 12.7. The van der Waals surface area contributed by atoms with Crippen molar-refractivity contribution in [3.05, 3.63) is 18.2 Å². The van der Waals surface area contributed by atoms with Crippen LogP contribution in [0.4, 0.5) is 0 Å². The quantitative estimate of drug-likeness (QED) is 0.655. The molecule has 0 radical (unpaired) electrons. The van der Waals surface area contributed by atoms with E-state index in [9.17, 15) is 8.42 Å². The van der Waals surface area contributed by atoms with Crippen LogP contribution < -0.4 is 4.84 Å². The van der Waals surface area contributed by atoms with Gasteiger partial charge in [-0.1, -0.05) is 4.85 Å². The third-order valence-corrected chi connectivity index (χ3v) is 5.39. The van der Waals surface area contributed by atoms with Gasteiger partial charge in [-0.3, -0.25) is 0 Å². The van der Waals surface area contributed by atoms with E-state index >= 15 is 0 Å². The van der Waals surface area contributed by atoms with Gasteiger partial charge < -0.3 is 14.3 Å². The van der Waals surface area contributed by atoms with Gasteiger partial charge in [-0.05, 0) is 23.4 Å². The van der Waals surface area contributed by atoms with Crippen LogP contribution in [0, 0.1) is 0 Å². The van der Waals surface area contributed by atoms with E-state index in [0.29, 0.717) is 43.9 Å². The molecule has 23 heavy (non-hydrogen) atoms. The predicted octanol–water partition coefficient (Wildman–Crippen LogP) is -0.473. The SMILES string of the molecule is COCCOn1nnc2ccc(S(=O)(=O)N3CCOCC3)cc21. The summed E-state index contributed by atoms with van der Waals surface area (Å²) < 4.78 is 36.9. The van der Waals surface area contributed by atoms with Crippen molar-refractivity contribution in [3.63, 3.8) is 0 Å². The summed E-state index contributed by atoms with van der Waals surface area (Å²) in [6, 6.07) is 4.67. The average Bonchev–Trinajstić information content (AvgIpc) is 2.98. The van der Waals surface area contributed by atoms with Gasteiger partial charge in [0.1, 0.15) is 17.6 Å². The summed E-state index contributed by atoms with van der Waals surface area (Å²) in [5.74, 6) is 0. The lowest BCUT2D eigenvalue weighted by atomic mass is 10.3. The molecule has 1 fully saturated rings. The maximum Gasteiger partial charge on any atom is 0.243 e. The zero-order valence-corrected chi connectivity index (χ0v) is 13.5. The minimum atomic E-state index is -3.57. The number of methoxy groups -OCH3 is 1. The number of rotatable bonds is 6. The Balaban J connectivity index is 1.90. The lowest BCUT2D eigenvalue weighted by Crippen LogP contribution is -2.40. The molecule has 0 atom stereocenters. The highest BCUT2D eigenvalue weighted by atomic mass is 32.2. The van der Waals surface area contributed by atoms with Crippen LogP contribution in [0.1, 0.15) is 0 Å². The highest BCUT2D eigenvalue weighted by Gasteiger charge is 2.27. The van der Waals surface area contributed by atoms with E-state index in [1.54, 1.807) is 13.2 Å². The number of nitrogens with zero attached hydrogens (tertiary/aromatic N) is 4. The Bertz CT molecular complexity index is 770. The van der Waals surface area contributed by atoms with Gasteiger partial charge in [-0.25, -0.2) is 8.42 Å². The molecule has 0 amide bonds. The van der Waals surface area contributed by atoms with Crippen molar-refractivity contribution in [2.24, 2.45) is 0 Å². The van der Waals surface area contributed by atoms with Crippen LogP contribution in [0.2, 0.25) is 0 Å². The molecule has 2 aromatic rings. The molecule has 1 aromatic carbocycles. The smallest absolute Gasteiger partial charge is 0.243 e. The van der Waals surface area contributed by atoms with Crippen LogP contribution in [0.5, 0.6) is 0 Å². The van der Waals surface area contributed by atoms with E-state index in [2.05, 4.69) is 10.3 Å². The van der Waals surface area contributed by atoms with Crippen LogP contribution in [0.25, 0.3) is 11.0 Å². The van der Waals surface area contributed by atoms with Crippen LogP contribution in [0.3, 0.4) is 0 Å². The van der Waals surface area contributed by atoms with Gasteiger partial charge in [0.15, 0.2) is 0 Å². The molecular formula is C13H18N4O5S. The maximum absolute atomic E-state index is 12.7. The fourth-order valence-electron chi connectivity index (χ4n) is 2.28.